The zero-order chi connectivity index (χ0) is 18.3. The van der Waals surface area contributed by atoms with Crippen LogP contribution in [-0.2, 0) is 6.54 Å². The third-order valence-electron chi connectivity index (χ3n) is 5.72. The molecule has 4 rings (SSSR count). The maximum Gasteiger partial charge on any atom is 0.209 e. The Morgan fingerprint density at radius 1 is 1.23 bits per heavy atom. The number of carbonyl (C=O) groups is 1. The van der Waals surface area contributed by atoms with E-state index in [0.717, 1.165) is 36.2 Å². The molecule has 1 aliphatic carbocycles. The standard InChI is InChI=1S/C23H25NOS/c1-4-12-24-21(14-17-11-13-26-23(17)24)22(25)20-10-9-15(2)16(3)18-7-5-6-8-19(18)20/h5-8,10-11,13-16H,4,9,12H2,1-3H3. The summed E-state index contributed by atoms with van der Waals surface area (Å²) in [6.07, 6.45) is 4.14. The lowest BCUT2D eigenvalue weighted by molar-refractivity contribution is 0.104. The van der Waals surface area contributed by atoms with Crippen molar-refractivity contribution in [3.05, 3.63) is 64.7 Å². The fourth-order valence-corrected chi connectivity index (χ4v) is 4.95. The highest BCUT2D eigenvalue weighted by atomic mass is 32.1. The zero-order valence-electron chi connectivity index (χ0n) is 15.7. The second kappa shape index (κ2) is 6.88. The van der Waals surface area contributed by atoms with E-state index in [1.165, 1.54) is 15.8 Å². The number of aryl methyl sites for hydroxylation is 1. The lowest BCUT2D eigenvalue weighted by atomic mass is 9.85. The van der Waals surface area contributed by atoms with Crippen LogP contribution in [0.25, 0.3) is 15.8 Å². The molecular formula is C23H25NOS. The molecule has 134 valence electrons. The predicted octanol–water partition coefficient (Wildman–Crippen LogP) is 6.52. The number of fused-ring (bicyclic) bond motifs is 2. The van der Waals surface area contributed by atoms with E-state index in [1.54, 1.807) is 11.3 Å². The molecule has 0 aliphatic heterocycles. The number of ketones is 1. The van der Waals surface area contributed by atoms with Crippen molar-refractivity contribution >= 4 is 32.9 Å². The number of rotatable bonds is 4. The smallest absolute Gasteiger partial charge is 0.209 e. The summed E-state index contributed by atoms with van der Waals surface area (Å²) in [6, 6.07) is 12.6. The van der Waals surface area contributed by atoms with E-state index in [1.807, 2.05) is 6.07 Å². The predicted molar refractivity (Wildman–Crippen MR) is 111 cm³/mol. The van der Waals surface area contributed by atoms with E-state index in [2.05, 4.69) is 67.1 Å². The second-order valence-corrected chi connectivity index (χ2v) is 8.29. The van der Waals surface area contributed by atoms with Crippen molar-refractivity contribution in [2.75, 3.05) is 0 Å². The Balaban J connectivity index is 1.85. The third-order valence-corrected chi connectivity index (χ3v) is 6.67. The molecule has 3 heteroatoms. The summed E-state index contributed by atoms with van der Waals surface area (Å²) in [4.78, 5) is 14.8. The van der Waals surface area contributed by atoms with Crippen LogP contribution in [0.4, 0.5) is 0 Å². The Bertz CT molecular complexity index is 991. The molecule has 2 aromatic heterocycles. The maximum atomic E-state index is 13.6. The second-order valence-electron chi connectivity index (χ2n) is 7.40. The van der Waals surface area contributed by atoms with Gasteiger partial charge in [-0.2, -0.15) is 0 Å². The van der Waals surface area contributed by atoms with Crippen molar-refractivity contribution in [3.8, 4) is 0 Å². The molecular weight excluding hydrogens is 338 g/mol. The number of aromatic nitrogens is 1. The van der Waals surface area contributed by atoms with Crippen molar-refractivity contribution in [1.29, 1.82) is 0 Å². The normalized spacial score (nSPS) is 19.9. The first-order valence-corrected chi connectivity index (χ1v) is 10.4. The topological polar surface area (TPSA) is 22.0 Å². The summed E-state index contributed by atoms with van der Waals surface area (Å²) in [5, 5.41) is 3.28. The van der Waals surface area contributed by atoms with E-state index < -0.39 is 0 Å². The van der Waals surface area contributed by atoms with Gasteiger partial charge in [0.1, 0.15) is 4.83 Å². The Morgan fingerprint density at radius 2 is 2.04 bits per heavy atom. The van der Waals surface area contributed by atoms with Crippen LogP contribution in [0.1, 0.15) is 61.1 Å². The van der Waals surface area contributed by atoms with Gasteiger partial charge in [-0.1, -0.05) is 51.1 Å². The van der Waals surface area contributed by atoms with Gasteiger partial charge in [-0.05, 0) is 53.3 Å². The first-order valence-electron chi connectivity index (χ1n) is 9.52. The largest absolute Gasteiger partial charge is 0.330 e. The van der Waals surface area contributed by atoms with Gasteiger partial charge in [-0.15, -0.1) is 11.3 Å². The lowest BCUT2D eigenvalue weighted by Crippen LogP contribution is -2.11. The van der Waals surface area contributed by atoms with E-state index in [0.29, 0.717) is 11.8 Å². The molecule has 2 nitrogen and oxygen atoms in total. The lowest BCUT2D eigenvalue weighted by Gasteiger charge is -2.19. The zero-order valence-corrected chi connectivity index (χ0v) is 16.5. The van der Waals surface area contributed by atoms with Crippen molar-refractivity contribution in [1.82, 2.24) is 4.57 Å². The molecule has 0 fully saturated rings. The molecule has 0 saturated carbocycles. The number of carbonyl (C=O) groups excluding carboxylic acids is 1. The van der Waals surface area contributed by atoms with Gasteiger partial charge in [0.15, 0.2) is 0 Å². The fourth-order valence-electron chi connectivity index (χ4n) is 4.03. The minimum Gasteiger partial charge on any atom is -0.330 e. The van der Waals surface area contributed by atoms with E-state index >= 15 is 0 Å². The Hall–Kier alpha value is -2.13. The van der Waals surface area contributed by atoms with Crippen molar-refractivity contribution in [2.24, 2.45) is 5.92 Å². The molecule has 2 atom stereocenters. The van der Waals surface area contributed by atoms with Gasteiger partial charge in [-0.25, -0.2) is 0 Å². The third kappa shape index (κ3) is 2.75. The summed E-state index contributed by atoms with van der Waals surface area (Å²) in [6.45, 7) is 7.60. The summed E-state index contributed by atoms with van der Waals surface area (Å²) >= 11 is 1.72. The molecule has 2 heterocycles. The van der Waals surface area contributed by atoms with Gasteiger partial charge in [0, 0.05) is 17.5 Å². The van der Waals surface area contributed by atoms with Gasteiger partial charge in [0.25, 0.3) is 0 Å². The van der Waals surface area contributed by atoms with E-state index in [9.17, 15) is 4.79 Å². The molecule has 3 aromatic rings. The van der Waals surface area contributed by atoms with Crippen LogP contribution in [0, 0.1) is 5.92 Å². The number of hydrogen-bond donors (Lipinski definition) is 0. The molecule has 0 bridgehead atoms. The molecule has 0 spiro atoms. The molecule has 2 unspecified atom stereocenters. The quantitative estimate of drug-likeness (QED) is 0.483. The SMILES string of the molecule is CCCn1c(C(=O)C2=CCC(C)C(C)c3ccccc32)cc2ccsc21. The van der Waals surface area contributed by atoms with Gasteiger partial charge >= 0.3 is 0 Å². The maximum absolute atomic E-state index is 13.6. The first-order chi connectivity index (χ1) is 12.6. The minimum absolute atomic E-state index is 0.163. The van der Waals surface area contributed by atoms with Crippen molar-refractivity contribution < 1.29 is 4.79 Å². The first kappa shape index (κ1) is 17.3. The summed E-state index contributed by atoms with van der Waals surface area (Å²) in [7, 11) is 0. The highest BCUT2D eigenvalue weighted by Crippen LogP contribution is 2.38. The van der Waals surface area contributed by atoms with Crippen LogP contribution >= 0.6 is 11.3 Å². The molecule has 1 aliphatic rings. The summed E-state index contributed by atoms with van der Waals surface area (Å²) < 4.78 is 2.21. The highest BCUT2D eigenvalue weighted by Gasteiger charge is 2.27. The molecule has 0 N–H and O–H groups in total. The van der Waals surface area contributed by atoms with Crippen LogP contribution < -0.4 is 0 Å². The van der Waals surface area contributed by atoms with Crippen LogP contribution in [0.5, 0.6) is 0 Å². The molecule has 0 radical (unpaired) electrons. The summed E-state index contributed by atoms with van der Waals surface area (Å²) in [5.41, 5.74) is 4.12. The highest BCUT2D eigenvalue weighted by molar-refractivity contribution is 7.16. The molecule has 1 aromatic carbocycles. The number of hydrogen-bond acceptors (Lipinski definition) is 2. The average Bonchev–Trinajstić information content (AvgIpc) is 3.21. The van der Waals surface area contributed by atoms with Crippen LogP contribution in [-0.4, -0.2) is 10.4 Å². The number of nitrogens with zero attached hydrogens (tertiary/aromatic N) is 1. The molecule has 0 saturated heterocycles. The summed E-state index contributed by atoms with van der Waals surface area (Å²) in [5.74, 6) is 1.15. The van der Waals surface area contributed by atoms with Gasteiger partial charge in [0.2, 0.25) is 5.78 Å². The van der Waals surface area contributed by atoms with Gasteiger partial charge in [0.05, 0.1) is 5.69 Å². The molecule has 0 amide bonds. The number of thiophene rings is 1. The van der Waals surface area contributed by atoms with E-state index in [-0.39, 0.29) is 5.78 Å². The van der Waals surface area contributed by atoms with Crippen LogP contribution in [0.2, 0.25) is 0 Å². The van der Waals surface area contributed by atoms with Crippen LogP contribution in [0.15, 0.2) is 47.9 Å². The Labute approximate surface area is 159 Å². The fraction of sp³-hybridized carbons (Fsp3) is 0.348. The van der Waals surface area contributed by atoms with Gasteiger partial charge < -0.3 is 4.57 Å². The van der Waals surface area contributed by atoms with Crippen molar-refractivity contribution in [3.63, 3.8) is 0 Å². The van der Waals surface area contributed by atoms with Crippen LogP contribution in [0.3, 0.4) is 0 Å². The number of allylic oxidation sites excluding steroid dienone is 2. The van der Waals surface area contributed by atoms with Crippen molar-refractivity contribution in [2.45, 2.75) is 46.1 Å². The monoisotopic (exact) mass is 363 g/mol. The average molecular weight is 364 g/mol. The minimum atomic E-state index is 0.163. The Kier molecular flexibility index (Phi) is 4.58. The Morgan fingerprint density at radius 3 is 2.85 bits per heavy atom. The van der Waals surface area contributed by atoms with E-state index in [4.69, 9.17) is 0 Å². The van der Waals surface area contributed by atoms with Gasteiger partial charge in [-0.3, -0.25) is 4.79 Å². The molecule has 26 heavy (non-hydrogen) atoms. The number of Topliss-reactive ketones (excluding diaryl/α,β-unsaturated/α-hetero) is 1. The number of benzene rings is 1.